The van der Waals surface area contributed by atoms with Crippen LogP contribution >= 0.6 is 0 Å². The van der Waals surface area contributed by atoms with Crippen molar-refractivity contribution in [3.8, 4) is 33.5 Å². The van der Waals surface area contributed by atoms with Crippen molar-refractivity contribution in [1.82, 2.24) is 40.4 Å². The molecule has 1 spiro atoms. The molecule has 16 heteroatoms. The van der Waals surface area contributed by atoms with Crippen LogP contribution in [0.25, 0.3) is 44.5 Å². The Morgan fingerprint density at radius 2 is 1.34 bits per heavy atom. The number of aromatic amines is 2. The molecule has 4 aliphatic rings. The summed E-state index contributed by atoms with van der Waals surface area (Å²) >= 11 is 0. The highest BCUT2D eigenvalue weighted by molar-refractivity contribution is 5.89. The number of H-pyrrole nitrogens is 2. The molecule has 2 aromatic heterocycles. The number of carbonyl (C=O) groups is 4. The third kappa shape index (κ3) is 7.53. The predicted octanol–water partition coefficient (Wildman–Crippen LogP) is 8.46. The monoisotopic (exact) mass is 876 g/mol. The Morgan fingerprint density at radius 3 is 1.95 bits per heavy atom. The first-order chi connectivity index (χ1) is 30.5. The summed E-state index contributed by atoms with van der Waals surface area (Å²) in [6.45, 7) is 10.6. The summed E-state index contributed by atoms with van der Waals surface area (Å²) in [7, 11) is 2.53. The Labute approximate surface area is 369 Å². The molecule has 5 aromatic rings. The van der Waals surface area contributed by atoms with Crippen molar-refractivity contribution in [2.75, 3.05) is 27.3 Å². The van der Waals surface area contributed by atoms with Crippen LogP contribution in [-0.2, 0) is 25.0 Å². The predicted molar refractivity (Wildman–Crippen MR) is 235 cm³/mol. The molecule has 336 valence electrons. The number of benzene rings is 3. The lowest BCUT2D eigenvalue weighted by Crippen LogP contribution is -2.51. The highest BCUT2D eigenvalue weighted by Crippen LogP contribution is 2.58. The summed E-state index contributed by atoms with van der Waals surface area (Å²) < 4.78 is 42.8. The lowest BCUT2D eigenvalue weighted by atomic mass is 9.98. The van der Waals surface area contributed by atoms with Crippen LogP contribution in [-0.4, -0.2) is 93.1 Å². The third-order valence-corrected chi connectivity index (χ3v) is 13.7. The summed E-state index contributed by atoms with van der Waals surface area (Å²) in [5.41, 5.74) is 4.62. The molecule has 2 aliphatic heterocycles. The molecule has 2 aliphatic carbocycles. The van der Waals surface area contributed by atoms with Gasteiger partial charge in [0.05, 0.1) is 49.2 Å². The van der Waals surface area contributed by atoms with Crippen LogP contribution in [0.2, 0.25) is 0 Å². The second kappa shape index (κ2) is 16.0. The van der Waals surface area contributed by atoms with Crippen molar-refractivity contribution in [2.24, 2.45) is 23.2 Å². The number of fused-ring (bicyclic) bond motifs is 4. The lowest BCUT2D eigenvalue weighted by Gasteiger charge is -2.30. The number of carbonyl (C=O) groups excluding carboxylic acids is 4. The van der Waals surface area contributed by atoms with E-state index >= 15 is 8.78 Å². The quantitative estimate of drug-likeness (QED) is 0.108. The number of methoxy groups -OCH3 is 2. The summed E-state index contributed by atoms with van der Waals surface area (Å²) in [6.07, 6.45) is 3.72. The van der Waals surface area contributed by atoms with Gasteiger partial charge in [0.1, 0.15) is 23.7 Å². The van der Waals surface area contributed by atoms with Gasteiger partial charge in [-0.15, -0.1) is 0 Å². The number of alkyl halides is 2. The van der Waals surface area contributed by atoms with Crippen LogP contribution < -0.4 is 10.6 Å². The minimum absolute atomic E-state index is 0.0362. The first-order valence-electron chi connectivity index (χ1n) is 22.0. The molecule has 3 aromatic carbocycles. The van der Waals surface area contributed by atoms with Gasteiger partial charge < -0.3 is 39.9 Å². The fourth-order valence-electron chi connectivity index (χ4n) is 9.97. The molecular formula is C48H54F2N8O6. The number of hydrogen-bond acceptors (Lipinski definition) is 8. The largest absolute Gasteiger partial charge is 0.453 e. The Hall–Kier alpha value is -6.32. The second-order valence-corrected chi connectivity index (χ2v) is 18.9. The molecule has 3 fully saturated rings. The highest BCUT2D eigenvalue weighted by Gasteiger charge is 2.55. The summed E-state index contributed by atoms with van der Waals surface area (Å²) in [5.74, 6) is -2.69. The topological polar surface area (TPSA) is 175 Å². The number of ether oxygens (including phenoxy) is 2. The summed E-state index contributed by atoms with van der Waals surface area (Å²) in [6, 6.07) is 13.6. The number of nitrogens with zero attached hydrogens (tertiary/aromatic N) is 4. The average molecular weight is 877 g/mol. The van der Waals surface area contributed by atoms with Crippen molar-refractivity contribution in [1.29, 1.82) is 0 Å². The summed E-state index contributed by atoms with van der Waals surface area (Å²) in [5, 5.41) is 5.39. The smallest absolute Gasteiger partial charge is 0.407 e. The molecule has 1 unspecified atom stereocenters. The van der Waals surface area contributed by atoms with Gasteiger partial charge in [0, 0.05) is 29.8 Å². The van der Waals surface area contributed by atoms with Crippen molar-refractivity contribution in [2.45, 2.75) is 90.4 Å². The molecule has 5 atom stereocenters. The molecule has 4 heterocycles. The maximum atomic E-state index is 16.6. The van der Waals surface area contributed by atoms with Crippen LogP contribution in [0.3, 0.4) is 0 Å². The number of rotatable bonds is 10. The Kier molecular flexibility index (Phi) is 10.8. The van der Waals surface area contributed by atoms with Gasteiger partial charge in [0.2, 0.25) is 11.8 Å². The van der Waals surface area contributed by atoms with Crippen LogP contribution in [0.5, 0.6) is 0 Å². The fourth-order valence-corrected chi connectivity index (χ4v) is 9.97. The number of amides is 4. The lowest BCUT2D eigenvalue weighted by molar-refractivity contribution is -0.136. The van der Waals surface area contributed by atoms with E-state index in [4.69, 9.17) is 14.5 Å². The van der Waals surface area contributed by atoms with E-state index in [1.54, 1.807) is 35.4 Å². The van der Waals surface area contributed by atoms with E-state index < -0.39 is 30.2 Å². The Balaban J connectivity index is 0.953. The minimum Gasteiger partial charge on any atom is -0.453 e. The van der Waals surface area contributed by atoms with Gasteiger partial charge in [-0.05, 0) is 95.4 Å². The van der Waals surface area contributed by atoms with Gasteiger partial charge in [0.15, 0.2) is 0 Å². The van der Waals surface area contributed by atoms with Gasteiger partial charge in [0.25, 0.3) is 5.92 Å². The molecule has 2 saturated heterocycles. The maximum absolute atomic E-state index is 16.6. The van der Waals surface area contributed by atoms with Crippen molar-refractivity contribution >= 4 is 35.0 Å². The Bertz CT molecular complexity index is 2670. The molecule has 0 bridgehead atoms. The molecule has 64 heavy (non-hydrogen) atoms. The van der Waals surface area contributed by atoms with E-state index in [-0.39, 0.29) is 58.2 Å². The number of halogens is 2. The number of aromatic nitrogens is 4. The first kappa shape index (κ1) is 43.0. The average Bonchev–Trinajstić information content (AvgIpc) is 3.77. The van der Waals surface area contributed by atoms with Crippen LogP contribution in [0, 0.1) is 23.2 Å². The molecule has 9 rings (SSSR count). The number of hydrogen-bond donors (Lipinski definition) is 4. The standard InChI is InChI=1S/C48H54F2N8O6/c1-24(2)39(55-45(61)63-6)43(59)57-22-26(5)16-37(57)41-51-21-36(54-41)29-9-12-31-30-11-8-27(17-32(30)48(49,50)33(31)18-29)28-10-13-34-35(19-28)53-42(52-34)38-20-47(14-15-47)23-58(38)44(60)40(25(3)4)56-46(62)64-7/h8-13,17-19,21,24-26,37-40H,14-16,20,22-23H2,1-7H3,(H,51,54)(H,52,53)(H,55,61)(H,56,62)/t26-,37?,38-,39-,40-/m0/s1. The van der Waals surface area contributed by atoms with Crippen LogP contribution in [0.4, 0.5) is 18.4 Å². The van der Waals surface area contributed by atoms with Gasteiger partial charge in [-0.25, -0.2) is 19.6 Å². The number of likely N-dealkylation sites (tertiary alicyclic amines) is 2. The van der Waals surface area contributed by atoms with E-state index in [0.29, 0.717) is 64.6 Å². The Morgan fingerprint density at radius 1 is 0.766 bits per heavy atom. The summed E-state index contributed by atoms with van der Waals surface area (Å²) in [4.78, 5) is 71.9. The van der Waals surface area contributed by atoms with E-state index in [1.807, 2.05) is 56.9 Å². The van der Waals surface area contributed by atoms with E-state index in [2.05, 4.69) is 32.5 Å². The van der Waals surface area contributed by atoms with Gasteiger partial charge in [-0.1, -0.05) is 65.0 Å². The zero-order chi connectivity index (χ0) is 45.4. The minimum atomic E-state index is -3.29. The van der Waals surface area contributed by atoms with Crippen LogP contribution in [0.1, 0.15) is 95.2 Å². The first-order valence-corrected chi connectivity index (χ1v) is 22.0. The van der Waals surface area contributed by atoms with E-state index in [1.165, 1.54) is 20.3 Å². The number of alkyl carbamates (subject to hydrolysis) is 2. The van der Waals surface area contributed by atoms with E-state index in [9.17, 15) is 19.2 Å². The van der Waals surface area contributed by atoms with Gasteiger partial charge in [-0.2, -0.15) is 8.78 Å². The number of nitrogens with one attached hydrogen (secondary N) is 4. The highest BCUT2D eigenvalue weighted by atomic mass is 19.3. The molecule has 14 nitrogen and oxygen atoms in total. The van der Waals surface area contributed by atoms with Gasteiger partial charge in [-0.3, -0.25) is 9.59 Å². The fraction of sp³-hybridized carbons (Fsp3) is 0.458. The van der Waals surface area contributed by atoms with E-state index in [0.717, 1.165) is 30.3 Å². The molecule has 1 saturated carbocycles. The zero-order valence-electron chi connectivity index (χ0n) is 37.1. The SMILES string of the molecule is COC(=O)N[C@H](C(=O)N1C[C@@H](C)CC1c1ncc(-c2ccc3c(c2)C(F)(F)c2cc(-c4ccc5nc([C@@H]6CC7(CC7)CN6C(=O)[C@@H](NC(=O)OC)C(C)C)[nH]c5c4)ccc2-3)[nH]1)C(C)C. The maximum Gasteiger partial charge on any atom is 0.407 e. The molecule has 0 radical (unpaired) electrons. The molecule has 4 amide bonds. The second-order valence-electron chi connectivity index (χ2n) is 18.9. The molecule has 4 N–H and O–H groups in total. The van der Waals surface area contributed by atoms with Crippen molar-refractivity contribution < 1.29 is 37.4 Å². The van der Waals surface area contributed by atoms with Gasteiger partial charge >= 0.3 is 12.2 Å². The molecular weight excluding hydrogens is 823 g/mol. The third-order valence-electron chi connectivity index (χ3n) is 13.7. The van der Waals surface area contributed by atoms with Crippen molar-refractivity contribution in [3.05, 3.63) is 83.6 Å². The van der Waals surface area contributed by atoms with Crippen molar-refractivity contribution in [3.63, 3.8) is 0 Å². The normalized spacial score (nSPS) is 21.3. The van der Waals surface area contributed by atoms with Crippen LogP contribution in [0.15, 0.2) is 60.8 Å². The zero-order valence-corrected chi connectivity index (χ0v) is 37.1. The number of imidazole rings is 2.